The Hall–Kier alpha value is -3.29. The van der Waals surface area contributed by atoms with Crippen LogP contribution >= 0.6 is 0 Å². The Kier molecular flexibility index (Phi) is 5.16. The molecular formula is C19H21N3O5. The number of hydrogen-bond donors (Lipinski definition) is 0. The number of carbonyl (C=O) groups excluding carboxylic acids is 1. The van der Waals surface area contributed by atoms with Gasteiger partial charge in [-0.3, -0.25) is 9.59 Å². The third-order valence-electron chi connectivity index (χ3n) is 4.30. The minimum Gasteiger partial charge on any atom is -0.493 e. The van der Waals surface area contributed by atoms with Gasteiger partial charge in [0, 0.05) is 24.7 Å². The van der Waals surface area contributed by atoms with Crippen LogP contribution in [0.4, 0.5) is 0 Å². The molecule has 0 unspecified atom stereocenters. The highest BCUT2D eigenvalue weighted by Gasteiger charge is 2.16. The van der Waals surface area contributed by atoms with Gasteiger partial charge in [0.2, 0.25) is 5.91 Å². The topological polar surface area (TPSA) is 86.8 Å². The van der Waals surface area contributed by atoms with Crippen LogP contribution in [0.15, 0.2) is 39.8 Å². The van der Waals surface area contributed by atoms with Crippen LogP contribution in [-0.2, 0) is 17.9 Å². The predicted molar refractivity (Wildman–Crippen MR) is 99.0 cm³/mol. The molecule has 0 radical (unpaired) electrons. The van der Waals surface area contributed by atoms with Crippen LogP contribution in [-0.4, -0.2) is 41.8 Å². The number of likely N-dealkylation sites (N-methyl/N-ethyl adjacent to an activating group) is 1. The van der Waals surface area contributed by atoms with Crippen molar-refractivity contribution in [1.29, 1.82) is 0 Å². The third kappa shape index (κ3) is 3.64. The molecule has 8 heteroatoms. The van der Waals surface area contributed by atoms with Crippen molar-refractivity contribution in [2.75, 3.05) is 21.3 Å². The maximum atomic E-state index is 12.8. The Morgan fingerprint density at radius 2 is 2.00 bits per heavy atom. The van der Waals surface area contributed by atoms with Crippen molar-refractivity contribution in [1.82, 2.24) is 14.6 Å². The summed E-state index contributed by atoms with van der Waals surface area (Å²) in [4.78, 5) is 26.8. The molecule has 3 aromatic rings. The highest BCUT2D eigenvalue weighted by molar-refractivity contribution is 5.90. The van der Waals surface area contributed by atoms with Gasteiger partial charge in [-0.1, -0.05) is 5.16 Å². The molecule has 1 aromatic carbocycles. The minimum absolute atomic E-state index is 0.0730. The lowest BCUT2D eigenvalue weighted by Crippen LogP contribution is -2.33. The third-order valence-corrected chi connectivity index (χ3v) is 4.30. The molecule has 0 N–H and O–H groups in total. The molecule has 27 heavy (non-hydrogen) atoms. The van der Waals surface area contributed by atoms with E-state index < -0.39 is 0 Å². The summed E-state index contributed by atoms with van der Waals surface area (Å²) in [6, 6.07) is 6.85. The van der Waals surface area contributed by atoms with Gasteiger partial charge in [0.25, 0.3) is 5.56 Å². The van der Waals surface area contributed by atoms with Gasteiger partial charge in [-0.15, -0.1) is 0 Å². The molecule has 0 aliphatic carbocycles. The van der Waals surface area contributed by atoms with Crippen molar-refractivity contribution in [3.05, 3.63) is 52.3 Å². The fourth-order valence-electron chi connectivity index (χ4n) is 2.90. The number of nitrogens with zero attached hydrogens (tertiary/aromatic N) is 3. The summed E-state index contributed by atoms with van der Waals surface area (Å²) < 4.78 is 17.0. The number of aromatic nitrogens is 2. The molecule has 0 bridgehead atoms. The van der Waals surface area contributed by atoms with E-state index in [0.29, 0.717) is 40.3 Å². The van der Waals surface area contributed by atoms with Gasteiger partial charge >= 0.3 is 0 Å². The van der Waals surface area contributed by atoms with Crippen LogP contribution in [0.3, 0.4) is 0 Å². The number of fused-ring (bicyclic) bond motifs is 1. The molecule has 0 aliphatic heterocycles. The Balaban J connectivity index is 1.85. The molecule has 0 spiro atoms. The first-order valence-electron chi connectivity index (χ1n) is 8.35. The number of rotatable bonds is 6. The average molecular weight is 371 g/mol. The number of pyridine rings is 1. The molecule has 142 valence electrons. The van der Waals surface area contributed by atoms with Crippen LogP contribution in [0, 0.1) is 6.92 Å². The Bertz CT molecular complexity index is 1040. The molecule has 0 fully saturated rings. The molecule has 0 atom stereocenters. The normalized spacial score (nSPS) is 10.8. The quantitative estimate of drug-likeness (QED) is 0.658. The van der Waals surface area contributed by atoms with Gasteiger partial charge < -0.3 is 23.5 Å². The van der Waals surface area contributed by atoms with Crippen molar-refractivity contribution < 1.29 is 18.8 Å². The monoisotopic (exact) mass is 371 g/mol. The number of carbonyl (C=O) groups is 1. The Labute approximate surface area is 155 Å². The van der Waals surface area contributed by atoms with Crippen molar-refractivity contribution in [3.8, 4) is 11.5 Å². The van der Waals surface area contributed by atoms with Gasteiger partial charge in [-0.25, -0.2) is 0 Å². The van der Waals surface area contributed by atoms with Crippen LogP contribution in [0.2, 0.25) is 0 Å². The highest BCUT2D eigenvalue weighted by Crippen LogP contribution is 2.33. The highest BCUT2D eigenvalue weighted by atomic mass is 16.5. The van der Waals surface area contributed by atoms with Crippen LogP contribution in [0.1, 0.15) is 11.5 Å². The van der Waals surface area contributed by atoms with E-state index in [9.17, 15) is 9.59 Å². The van der Waals surface area contributed by atoms with Gasteiger partial charge in [0.1, 0.15) is 18.0 Å². The molecule has 2 aromatic heterocycles. The van der Waals surface area contributed by atoms with E-state index in [1.165, 1.54) is 23.7 Å². The molecule has 1 amide bonds. The molecular weight excluding hydrogens is 350 g/mol. The van der Waals surface area contributed by atoms with E-state index in [0.717, 1.165) is 0 Å². The number of ether oxygens (including phenoxy) is 2. The predicted octanol–water partition coefficient (Wildman–Crippen LogP) is 1.97. The van der Waals surface area contributed by atoms with Crippen molar-refractivity contribution in [2.24, 2.45) is 0 Å². The van der Waals surface area contributed by atoms with Crippen molar-refractivity contribution >= 4 is 16.7 Å². The number of methoxy groups -OCH3 is 2. The second-order valence-electron chi connectivity index (χ2n) is 6.19. The lowest BCUT2D eigenvalue weighted by atomic mass is 10.1. The zero-order valence-electron chi connectivity index (χ0n) is 15.7. The summed E-state index contributed by atoms with van der Waals surface area (Å²) in [6.07, 6.45) is 1.58. The largest absolute Gasteiger partial charge is 0.493 e. The van der Waals surface area contributed by atoms with Gasteiger partial charge in [-0.05, 0) is 25.1 Å². The second-order valence-corrected chi connectivity index (χ2v) is 6.19. The summed E-state index contributed by atoms with van der Waals surface area (Å²) in [7, 11) is 4.72. The Morgan fingerprint density at radius 1 is 1.22 bits per heavy atom. The summed E-state index contributed by atoms with van der Waals surface area (Å²) >= 11 is 0. The average Bonchev–Trinajstić information content (AvgIpc) is 3.07. The first-order valence-corrected chi connectivity index (χ1v) is 8.35. The van der Waals surface area contributed by atoms with E-state index in [1.807, 2.05) is 0 Å². The van der Waals surface area contributed by atoms with E-state index in [2.05, 4.69) is 5.16 Å². The summed E-state index contributed by atoms with van der Waals surface area (Å²) in [6.45, 7) is 2.02. The standard InChI is InChI=1S/C19H21N3O5/c1-12-9-13(20-27-12)10-21(2)17(23)11-22-8-7-14-15(19(22)24)5-6-16(25-3)18(14)26-4/h5-9H,10-11H2,1-4H3. The lowest BCUT2D eigenvalue weighted by Gasteiger charge is -2.17. The molecule has 0 saturated heterocycles. The maximum absolute atomic E-state index is 12.8. The summed E-state index contributed by atoms with van der Waals surface area (Å²) in [5.41, 5.74) is 0.388. The van der Waals surface area contributed by atoms with Crippen LogP contribution in [0.25, 0.3) is 10.8 Å². The molecule has 2 heterocycles. The number of amides is 1. The number of aryl methyl sites for hydroxylation is 1. The second kappa shape index (κ2) is 7.53. The Morgan fingerprint density at radius 3 is 2.63 bits per heavy atom. The fourth-order valence-corrected chi connectivity index (χ4v) is 2.90. The summed E-state index contributed by atoms with van der Waals surface area (Å²) in [5, 5.41) is 4.97. The van der Waals surface area contributed by atoms with E-state index in [4.69, 9.17) is 14.0 Å². The van der Waals surface area contributed by atoms with Crippen LogP contribution < -0.4 is 15.0 Å². The molecule has 3 rings (SSSR count). The summed E-state index contributed by atoms with van der Waals surface area (Å²) in [5.74, 6) is 1.50. The first-order chi connectivity index (χ1) is 12.9. The van der Waals surface area contributed by atoms with E-state index in [-0.39, 0.29) is 18.0 Å². The maximum Gasteiger partial charge on any atom is 0.259 e. The van der Waals surface area contributed by atoms with Gasteiger partial charge in [0.15, 0.2) is 11.5 Å². The van der Waals surface area contributed by atoms with Crippen LogP contribution in [0.5, 0.6) is 11.5 Å². The number of hydrogen-bond acceptors (Lipinski definition) is 6. The minimum atomic E-state index is -0.271. The smallest absolute Gasteiger partial charge is 0.259 e. The zero-order chi connectivity index (χ0) is 19.6. The zero-order valence-corrected chi connectivity index (χ0v) is 15.7. The number of benzene rings is 1. The van der Waals surface area contributed by atoms with E-state index >= 15 is 0 Å². The lowest BCUT2D eigenvalue weighted by molar-refractivity contribution is -0.131. The molecule has 0 aliphatic rings. The van der Waals surface area contributed by atoms with Gasteiger partial charge in [-0.2, -0.15) is 0 Å². The molecule has 8 nitrogen and oxygen atoms in total. The van der Waals surface area contributed by atoms with Gasteiger partial charge in [0.05, 0.1) is 26.2 Å². The first kappa shape index (κ1) is 18.5. The SMILES string of the molecule is COc1ccc2c(=O)n(CC(=O)N(C)Cc3cc(C)on3)ccc2c1OC. The van der Waals surface area contributed by atoms with Crippen molar-refractivity contribution in [3.63, 3.8) is 0 Å². The molecule has 0 saturated carbocycles. The fraction of sp³-hybridized carbons (Fsp3) is 0.316. The van der Waals surface area contributed by atoms with E-state index in [1.54, 1.807) is 44.4 Å². The van der Waals surface area contributed by atoms with Crippen molar-refractivity contribution in [2.45, 2.75) is 20.0 Å².